The van der Waals surface area contributed by atoms with Gasteiger partial charge in [0.25, 0.3) is 0 Å². The predicted octanol–water partition coefficient (Wildman–Crippen LogP) is 5.00. The molecule has 1 heterocycles. The average Bonchev–Trinajstić information content (AvgIpc) is 2.15. The lowest BCUT2D eigenvalue weighted by Gasteiger charge is -2.62. The van der Waals surface area contributed by atoms with Crippen LogP contribution >= 0.6 is 17.7 Å². The van der Waals surface area contributed by atoms with Crippen molar-refractivity contribution in [3.8, 4) is 0 Å². The summed E-state index contributed by atoms with van der Waals surface area (Å²) in [6.45, 7) is 13.2. The van der Waals surface area contributed by atoms with Gasteiger partial charge in [-0.05, 0) is 12.3 Å². The van der Waals surface area contributed by atoms with Gasteiger partial charge >= 0.3 is 0 Å². The molecule has 0 spiro atoms. The molecule has 0 aromatic heterocycles. The molecular weight excluding hydrogens is 223 g/mol. The maximum atomic E-state index is 13.0. The fraction of sp³-hybridized carbons (Fsp3) is 1.00. The minimum Gasteiger partial charge on any atom is -0.311 e. The van der Waals surface area contributed by atoms with E-state index in [1.807, 2.05) is 0 Å². The summed E-state index contributed by atoms with van der Waals surface area (Å²) < 4.78 is 13.0. The van der Waals surface area contributed by atoms with E-state index in [-0.39, 0.29) is 10.3 Å². The molecule has 1 nitrogen and oxygen atoms in total. The maximum absolute atomic E-state index is 13.0. The highest BCUT2D eigenvalue weighted by molar-refractivity contribution is 8.59. The average molecular weight is 248 g/mol. The van der Waals surface area contributed by atoms with Crippen molar-refractivity contribution in [2.24, 2.45) is 5.92 Å². The second-order valence-corrected chi connectivity index (χ2v) is 12.2. The molecule has 0 aliphatic carbocycles. The van der Waals surface area contributed by atoms with Crippen LogP contribution in [0.5, 0.6) is 0 Å². The van der Waals surface area contributed by atoms with Gasteiger partial charge in [0.2, 0.25) is 0 Å². The third-order valence-electron chi connectivity index (χ3n) is 4.41. The van der Waals surface area contributed by atoms with E-state index in [0.29, 0.717) is 5.92 Å². The standard InChI is InChI=1S/C12H25OPS/c1-7-8-9-15-14(13)11(3,4)10(2)12(14,5)6/h10H,7-9H2,1-6H3. The Hall–Kier alpha value is 0.580. The Morgan fingerprint density at radius 1 is 1.20 bits per heavy atom. The third-order valence-corrected chi connectivity index (χ3v) is 13.5. The highest BCUT2D eigenvalue weighted by atomic mass is 32.7. The quantitative estimate of drug-likeness (QED) is 0.514. The predicted molar refractivity (Wildman–Crippen MR) is 72.3 cm³/mol. The van der Waals surface area contributed by atoms with Crippen LogP contribution in [0.4, 0.5) is 0 Å². The van der Waals surface area contributed by atoms with E-state index in [0.717, 1.165) is 5.75 Å². The Morgan fingerprint density at radius 2 is 1.67 bits per heavy atom. The highest BCUT2D eigenvalue weighted by Gasteiger charge is 2.68. The van der Waals surface area contributed by atoms with Gasteiger partial charge in [0, 0.05) is 16.1 Å². The van der Waals surface area contributed by atoms with Gasteiger partial charge in [-0.15, -0.1) is 0 Å². The maximum Gasteiger partial charge on any atom is 0.150 e. The van der Waals surface area contributed by atoms with E-state index in [2.05, 4.69) is 41.5 Å². The van der Waals surface area contributed by atoms with Crippen LogP contribution in [-0.4, -0.2) is 16.1 Å². The first-order valence-electron chi connectivity index (χ1n) is 5.96. The first kappa shape index (κ1) is 13.6. The monoisotopic (exact) mass is 248 g/mol. The Bertz CT molecular complexity index is 263. The van der Waals surface area contributed by atoms with Gasteiger partial charge in [-0.1, -0.05) is 59.3 Å². The number of unbranched alkanes of at least 4 members (excludes halogenated alkanes) is 1. The van der Waals surface area contributed by atoms with Gasteiger partial charge in [0.1, 0.15) is 6.34 Å². The summed E-state index contributed by atoms with van der Waals surface area (Å²) in [6, 6.07) is 0. The van der Waals surface area contributed by atoms with Crippen LogP contribution in [0.25, 0.3) is 0 Å². The van der Waals surface area contributed by atoms with Gasteiger partial charge < -0.3 is 4.57 Å². The number of rotatable bonds is 4. The summed E-state index contributed by atoms with van der Waals surface area (Å²) >= 11 is 1.76. The Balaban J connectivity index is 2.78. The first-order chi connectivity index (χ1) is 6.72. The minimum atomic E-state index is -2.07. The molecule has 1 saturated heterocycles. The van der Waals surface area contributed by atoms with Gasteiger partial charge in [0.05, 0.1) is 0 Å². The minimum absolute atomic E-state index is 0.0366. The molecule has 1 aliphatic rings. The molecule has 0 radical (unpaired) electrons. The normalized spacial score (nSPS) is 37.3. The van der Waals surface area contributed by atoms with Crippen LogP contribution in [0.1, 0.15) is 54.4 Å². The lowest BCUT2D eigenvalue weighted by molar-refractivity contribution is 0.280. The number of hydrogen-bond donors (Lipinski definition) is 0. The fourth-order valence-corrected chi connectivity index (χ4v) is 11.1. The van der Waals surface area contributed by atoms with Crippen LogP contribution in [0, 0.1) is 5.92 Å². The van der Waals surface area contributed by atoms with Crippen LogP contribution in [-0.2, 0) is 4.57 Å². The molecule has 3 heteroatoms. The second-order valence-electron chi connectivity index (χ2n) is 5.77. The molecule has 1 rings (SSSR count). The van der Waals surface area contributed by atoms with Crippen molar-refractivity contribution in [2.75, 3.05) is 5.75 Å². The molecule has 0 aromatic carbocycles. The van der Waals surface area contributed by atoms with E-state index < -0.39 is 6.34 Å². The summed E-state index contributed by atoms with van der Waals surface area (Å²) in [5.74, 6) is 1.62. The van der Waals surface area contributed by atoms with Crippen molar-refractivity contribution in [1.82, 2.24) is 0 Å². The van der Waals surface area contributed by atoms with Gasteiger partial charge in [-0.3, -0.25) is 0 Å². The number of hydrogen-bond acceptors (Lipinski definition) is 2. The zero-order chi connectivity index (χ0) is 11.9. The van der Waals surface area contributed by atoms with Crippen LogP contribution in [0.3, 0.4) is 0 Å². The molecular formula is C12H25OPS. The summed E-state index contributed by atoms with van der Waals surface area (Å²) in [5.41, 5.74) is 0. The highest BCUT2D eigenvalue weighted by Crippen LogP contribution is 2.87. The van der Waals surface area contributed by atoms with Crippen molar-refractivity contribution in [2.45, 2.75) is 64.7 Å². The van der Waals surface area contributed by atoms with Gasteiger partial charge in [0.15, 0.2) is 0 Å². The van der Waals surface area contributed by atoms with Crippen molar-refractivity contribution >= 4 is 17.7 Å². The molecule has 90 valence electrons. The molecule has 1 aliphatic heterocycles. The molecule has 0 saturated carbocycles. The Morgan fingerprint density at radius 3 is 2.07 bits per heavy atom. The molecule has 0 aromatic rings. The second kappa shape index (κ2) is 4.11. The van der Waals surface area contributed by atoms with Gasteiger partial charge in [-0.25, -0.2) is 0 Å². The molecule has 0 bridgehead atoms. The van der Waals surface area contributed by atoms with Crippen LogP contribution < -0.4 is 0 Å². The lowest BCUT2D eigenvalue weighted by Crippen LogP contribution is -2.56. The van der Waals surface area contributed by atoms with Crippen molar-refractivity contribution in [3.63, 3.8) is 0 Å². The Labute approximate surface area is 98.9 Å². The Kier molecular flexibility index (Phi) is 3.74. The molecule has 15 heavy (non-hydrogen) atoms. The third kappa shape index (κ3) is 1.72. The topological polar surface area (TPSA) is 17.1 Å². The summed E-state index contributed by atoms with van der Waals surface area (Å²) in [7, 11) is 0. The largest absolute Gasteiger partial charge is 0.311 e. The summed E-state index contributed by atoms with van der Waals surface area (Å²) in [5, 5.41) is 0.0732. The fourth-order valence-electron chi connectivity index (χ4n) is 2.72. The van der Waals surface area contributed by atoms with E-state index in [1.54, 1.807) is 11.4 Å². The summed E-state index contributed by atoms with van der Waals surface area (Å²) in [4.78, 5) is 0. The zero-order valence-electron chi connectivity index (χ0n) is 11.0. The first-order valence-corrected chi connectivity index (χ1v) is 9.26. The van der Waals surface area contributed by atoms with Crippen LogP contribution in [0.15, 0.2) is 0 Å². The van der Waals surface area contributed by atoms with Gasteiger partial charge in [-0.2, -0.15) is 0 Å². The molecule has 1 fully saturated rings. The molecule has 0 N–H and O–H groups in total. The SMILES string of the molecule is CCCCSP1(=O)C(C)(C)C(C)C1(C)C. The molecule has 0 amide bonds. The lowest BCUT2D eigenvalue weighted by atomic mass is 9.83. The summed E-state index contributed by atoms with van der Waals surface area (Å²) in [6.07, 6.45) is 0.320. The van der Waals surface area contributed by atoms with E-state index in [1.165, 1.54) is 12.8 Å². The van der Waals surface area contributed by atoms with Crippen LogP contribution in [0.2, 0.25) is 0 Å². The van der Waals surface area contributed by atoms with Crippen molar-refractivity contribution < 1.29 is 4.57 Å². The van der Waals surface area contributed by atoms with E-state index >= 15 is 0 Å². The zero-order valence-corrected chi connectivity index (χ0v) is 12.7. The van der Waals surface area contributed by atoms with Crippen molar-refractivity contribution in [1.29, 1.82) is 0 Å². The van der Waals surface area contributed by atoms with E-state index in [4.69, 9.17) is 0 Å². The van der Waals surface area contributed by atoms with Crippen molar-refractivity contribution in [3.05, 3.63) is 0 Å². The molecule has 0 unspecified atom stereocenters. The smallest absolute Gasteiger partial charge is 0.150 e. The van der Waals surface area contributed by atoms with E-state index in [9.17, 15) is 4.57 Å². The molecule has 0 atom stereocenters.